The van der Waals surface area contributed by atoms with Crippen LogP contribution in [0.5, 0.6) is 0 Å². The first kappa shape index (κ1) is 36.1. The molecule has 7 atom stereocenters. The number of nitrogens with zero attached hydrogens (tertiary/aromatic N) is 3. The van der Waals surface area contributed by atoms with Gasteiger partial charge in [-0.2, -0.15) is 17.9 Å². The number of nitrogen functional groups attached to an aromatic ring is 1. The zero-order chi connectivity index (χ0) is 32.1. The number of anilines is 1. The normalized spacial score (nSPS) is 24.7. The van der Waals surface area contributed by atoms with E-state index in [4.69, 9.17) is 16.2 Å². The van der Waals surface area contributed by atoms with Gasteiger partial charge in [0.25, 0.3) is 5.56 Å². The monoisotopic (exact) mass is 699 g/mol. The first-order valence-electron chi connectivity index (χ1n) is 12.5. The van der Waals surface area contributed by atoms with Gasteiger partial charge in [0, 0.05) is 13.0 Å². The Balaban J connectivity index is 1.51. The van der Waals surface area contributed by atoms with E-state index in [1.807, 2.05) is 5.09 Å². The van der Waals surface area contributed by atoms with Gasteiger partial charge in [0.05, 0.1) is 19.0 Å². The molecule has 0 saturated carbocycles. The van der Waals surface area contributed by atoms with E-state index in [-0.39, 0.29) is 30.1 Å². The summed E-state index contributed by atoms with van der Waals surface area (Å²) in [5.41, 5.74) is 10.2. The Morgan fingerprint density at radius 3 is 2.35 bits per heavy atom. The van der Waals surface area contributed by atoms with Gasteiger partial charge in [-0.15, -0.1) is 0 Å². The number of aliphatic hydroxyl groups is 1. The fourth-order valence-corrected chi connectivity index (χ4v) is 9.04. The van der Waals surface area contributed by atoms with Gasteiger partial charge in [0.2, 0.25) is 5.95 Å². The Morgan fingerprint density at radius 1 is 1.02 bits per heavy atom. The summed E-state index contributed by atoms with van der Waals surface area (Å²) in [7, 11) is -22.4. The smallest absolute Gasteiger partial charge is 0.390 e. The predicted octanol–water partition coefficient (Wildman–Crippen LogP) is 0.317. The number of aromatic nitrogens is 4. The molecule has 0 radical (unpaired) electrons. The number of unbranched alkanes of at least 4 members (excludes halogenated alkanes) is 4. The summed E-state index contributed by atoms with van der Waals surface area (Å²) < 4.78 is 71.6. The van der Waals surface area contributed by atoms with Crippen molar-refractivity contribution in [3.63, 3.8) is 0 Å². The van der Waals surface area contributed by atoms with E-state index in [0.29, 0.717) is 19.4 Å². The number of phosphoric acid groups is 3. The van der Waals surface area contributed by atoms with Crippen LogP contribution in [0.4, 0.5) is 5.95 Å². The van der Waals surface area contributed by atoms with E-state index in [2.05, 4.69) is 32.4 Å². The molecule has 0 spiro atoms. The average Bonchev–Trinajstić information content (AvgIpc) is 3.43. The molecule has 43 heavy (non-hydrogen) atoms. The second-order valence-electron chi connectivity index (χ2n) is 9.14. The number of aliphatic hydroxyl groups excluding tert-OH is 1. The van der Waals surface area contributed by atoms with Crippen LogP contribution in [0, 0.1) is 0 Å². The molecule has 0 amide bonds. The van der Waals surface area contributed by atoms with Crippen molar-refractivity contribution in [1.29, 1.82) is 0 Å². The van der Waals surface area contributed by atoms with Crippen molar-refractivity contribution in [1.82, 2.24) is 24.6 Å². The largest absolute Gasteiger partial charge is 0.490 e. The molecular formula is C17H33N7O15P4. The lowest BCUT2D eigenvalue weighted by molar-refractivity contribution is -0.0423. The Hall–Kier alpha value is -1.41. The maximum Gasteiger partial charge on any atom is 0.490 e. The summed E-state index contributed by atoms with van der Waals surface area (Å²) in [6.45, 7) is -0.508. The highest BCUT2D eigenvalue weighted by Gasteiger charge is 2.46. The van der Waals surface area contributed by atoms with Crippen molar-refractivity contribution >= 4 is 48.3 Å². The lowest BCUT2D eigenvalue weighted by Crippen LogP contribution is -2.26. The Morgan fingerprint density at radius 2 is 1.65 bits per heavy atom. The van der Waals surface area contributed by atoms with Crippen LogP contribution in [0.1, 0.15) is 44.8 Å². The number of nitrogens with one attached hydrogen (secondary N) is 2. The predicted molar refractivity (Wildman–Crippen MR) is 146 cm³/mol. The number of rotatable bonds is 18. The fraction of sp³-hybridized carbons (Fsp3) is 0.706. The van der Waals surface area contributed by atoms with Gasteiger partial charge in [-0.25, -0.2) is 28.3 Å². The third-order valence-electron chi connectivity index (χ3n) is 5.69. The first-order chi connectivity index (χ1) is 19.9. The Labute approximate surface area is 243 Å². The number of nitrogens with two attached hydrogens (primary N) is 2. The van der Waals surface area contributed by atoms with Crippen molar-refractivity contribution < 1.29 is 65.1 Å². The third-order valence-corrected chi connectivity index (χ3v) is 11.8. The van der Waals surface area contributed by atoms with Crippen molar-refractivity contribution in [3.05, 3.63) is 16.7 Å². The first-order valence-corrected chi connectivity index (χ1v) is 18.6. The molecule has 11 N–H and O–H groups in total. The zero-order valence-corrected chi connectivity index (χ0v) is 25.9. The van der Waals surface area contributed by atoms with Gasteiger partial charge >= 0.3 is 31.2 Å². The average molecular weight is 699 g/mol. The second-order valence-corrected chi connectivity index (χ2v) is 15.5. The number of ether oxygens (including phenoxy) is 1. The number of aromatic amines is 1. The molecule has 26 heteroatoms. The third kappa shape index (κ3) is 11.2. The van der Waals surface area contributed by atoms with Gasteiger partial charge in [0.15, 0.2) is 11.2 Å². The molecule has 3 rings (SSSR count). The maximum atomic E-state index is 12.2. The highest BCUT2D eigenvalue weighted by molar-refractivity contribution is 7.70. The highest BCUT2D eigenvalue weighted by Crippen LogP contribution is 2.70. The van der Waals surface area contributed by atoms with Crippen LogP contribution < -0.4 is 22.1 Å². The molecule has 2 aromatic rings. The minimum atomic E-state index is -5.95. The minimum Gasteiger partial charge on any atom is -0.390 e. The molecule has 22 nitrogen and oxygen atoms in total. The zero-order valence-electron chi connectivity index (χ0n) is 22.3. The minimum absolute atomic E-state index is 0.0196. The number of hydrogen-bond acceptors (Lipinski definition) is 15. The lowest BCUT2D eigenvalue weighted by atomic mass is 10.1. The van der Waals surface area contributed by atoms with E-state index in [0.717, 1.165) is 19.3 Å². The number of imidazole rings is 1. The molecule has 1 aliphatic rings. The van der Waals surface area contributed by atoms with Crippen LogP contribution in [0.25, 0.3) is 11.2 Å². The van der Waals surface area contributed by atoms with E-state index in [1.165, 1.54) is 10.9 Å². The summed E-state index contributed by atoms with van der Waals surface area (Å²) in [5, 5.41) is 12.3. The lowest BCUT2D eigenvalue weighted by Gasteiger charge is -2.21. The molecule has 2 aromatic heterocycles. The molecule has 0 aromatic carbocycles. The van der Waals surface area contributed by atoms with Crippen molar-refractivity contribution in [2.24, 2.45) is 5.73 Å². The molecule has 1 saturated heterocycles. The SMILES string of the molecule is NCCCCCCCNP(=O)(O)OP(=O)(O)OP(=O)(O)OP(=O)(O)OC[C@H]1O[C@@H](n2cnc3c(=O)[nH]c(N)nc32)CC1O. The molecular weight excluding hydrogens is 666 g/mol. The summed E-state index contributed by atoms with van der Waals surface area (Å²) >= 11 is 0. The topological polar surface area (TPSA) is 343 Å². The summed E-state index contributed by atoms with van der Waals surface area (Å²) in [6.07, 6.45) is 0.866. The number of phosphoric ester groups is 1. The second kappa shape index (κ2) is 14.8. The summed E-state index contributed by atoms with van der Waals surface area (Å²) in [5.74, 6) is -0.215. The van der Waals surface area contributed by atoms with Gasteiger partial charge in [-0.05, 0) is 19.4 Å². The van der Waals surface area contributed by atoms with Gasteiger partial charge in [-0.1, -0.05) is 19.3 Å². The molecule has 246 valence electrons. The Kier molecular flexibility index (Phi) is 12.4. The quantitative estimate of drug-likeness (QED) is 0.0746. The molecule has 1 aliphatic heterocycles. The molecule has 0 bridgehead atoms. The van der Waals surface area contributed by atoms with Gasteiger partial charge in [-0.3, -0.25) is 18.9 Å². The van der Waals surface area contributed by atoms with Gasteiger partial charge in [0.1, 0.15) is 12.3 Å². The van der Waals surface area contributed by atoms with E-state index in [9.17, 15) is 47.7 Å². The van der Waals surface area contributed by atoms with Crippen LogP contribution in [0.3, 0.4) is 0 Å². The van der Waals surface area contributed by atoms with E-state index >= 15 is 0 Å². The van der Waals surface area contributed by atoms with E-state index < -0.39 is 61.8 Å². The summed E-state index contributed by atoms with van der Waals surface area (Å²) in [4.78, 5) is 61.0. The molecule has 0 aliphatic carbocycles. The van der Waals surface area contributed by atoms with Crippen molar-refractivity contribution in [2.75, 3.05) is 25.4 Å². The Bertz CT molecular complexity index is 1500. The van der Waals surface area contributed by atoms with E-state index in [1.54, 1.807) is 0 Å². The van der Waals surface area contributed by atoms with Crippen LogP contribution in [-0.2, 0) is 40.5 Å². The highest BCUT2D eigenvalue weighted by atomic mass is 31.3. The van der Waals surface area contributed by atoms with Crippen LogP contribution in [-0.4, -0.2) is 76.1 Å². The molecule has 3 heterocycles. The van der Waals surface area contributed by atoms with Gasteiger partial charge < -0.3 is 40.9 Å². The number of hydrogen-bond donors (Lipinski definition) is 9. The standard InChI is InChI=1S/C17H33N7O15P4/c18-6-4-2-1-3-5-7-21-40(27,28)37-42(31,32)39-43(33,34)38-41(29,30)35-9-12-11(25)8-13(36-12)24-10-20-14-15(24)22-17(19)23-16(14)26/h10-13,25H,1-9,18H2,(H,29,30)(H,31,32)(H,33,34)(H2,21,27,28)(H3,19,22,23,26)/t11?,12-,13-/m1/s1. The fourth-order valence-electron chi connectivity index (χ4n) is 3.86. The maximum absolute atomic E-state index is 12.2. The molecule has 5 unspecified atom stereocenters. The number of H-pyrrole nitrogens is 1. The summed E-state index contributed by atoms with van der Waals surface area (Å²) in [6, 6.07) is 0. The number of fused-ring (bicyclic) bond motifs is 1. The van der Waals surface area contributed by atoms with Crippen LogP contribution in [0.15, 0.2) is 11.1 Å². The van der Waals surface area contributed by atoms with Crippen molar-refractivity contribution in [3.8, 4) is 0 Å². The van der Waals surface area contributed by atoms with Crippen molar-refractivity contribution in [2.45, 2.75) is 57.0 Å². The van der Waals surface area contributed by atoms with Crippen LogP contribution in [0.2, 0.25) is 0 Å². The van der Waals surface area contributed by atoms with Crippen LogP contribution >= 0.6 is 31.2 Å². The molecule has 1 fully saturated rings.